The molecule has 24 heavy (non-hydrogen) atoms. The predicted molar refractivity (Wildman–Crippen MR) is 93.9 cm³/mol. The number of hydrogen-bond acceptors (Lipinski definition) is 5. The quantitative estimate of drug-likeness (QED) is 0.824. The van der Waals surface area contributed by atoms with Crippen molar-refractivity contribution in [2.45, 2.75) is 24.2 Å². The lowest BCUT2D eigenvalue weighted by Gasteiger charge is -2.12. The van der Waals surface area contributed by atoms with Crippen molar-refractivity contribution in [1.29, 1.82) is 0 Å². The van der Waals surface area contributed by atoms with Gasteiger partial charge in [-0.2, -0.15) is 0 Å². The fourth-order valence-corrected chi connectivity index (χ4v) is 5.02. The molecule has 1 aliphatic heterocycles. The average molecular weight is 390 g/mol. The highest BCUT2D eigenvalue weighted by atomic mass is 35.5. The van der Waals surface area contributed by atoms with E-state index < -0.39 is 15.8 Å². The lowest BCUT2D eigenvalue weighted by molar-refractivity contribution is 0.580. The van der Waals surface area contributed by atoms with Crippen molar-refractivity contribution >= 4 is 38.1 Å². The largest absolute Gasteiger partial charge is 0.348 e. The van der Waals surface area contributed by atoms with Gasteiger partial charge in [-0.3, -0.25) is 0 Å². The summed E-state index contributed by atoms with van der Waals surface area (Å²) >= 11 is 7.39. The van der Waals surface area contributed by atoms with Crippen molar-refractivity contribution in [3.63, 3.8) is 0 Å². The monoisotopic (exact) mass is 389 g/mol. The third-order valence-corrected chi connectivity index (χ3v) is 6.67. The summed E-state index contributed by atoms with van der Waals surface area (Å²) in [5.41, 5.74) is 0.856. The lowest BCUT2D eigenvalue weighted by atomic mass is 10.3. The fraction of sp³-hybridized carbons (Fsp3) is 0.400. The van der Waals surface area contributed by atoms with Crippen molar-refractivity contribution in [2.24, 2.45) is 0 Å². The van der Waals surface area contributed by atoms with E-state index in [9.17, 15) is 12.8 Å². The number of nitrogens with zero attached hydrogens (tertiary/aromatic N) is 2. The second-order valence-corrected chi connectivity index (χ2v) is 8.52. The Morgan fingerprint density at radius 2 is 2.08 bits per heavy atom. The molecule has 1 aromatic heterocycles. The van der Waals surface area contributed by atoms with Crippen LogP contribution in [0.25, 0.3) is 0 Å². The number of halogens is 2. The SMILES string of the molecule is O=S(=O)(NCCc1csc(N2CCCC2)n1)c1ccc(F)cc1Cl. The first-order chi connectivity index (χ1) is 11.5. The third-order valence-electron chi connectivity index (χ3n) is 3.77. The third kappa shape index (κ3) is 4.05. The molecule has 0 amide bonds. The Labute approximate surface area is 149 Å². The van der Waals surface area contributed by atoms with Gasteiger partial charge in [-0.15, -0.1) is 11.3 Å². The molecular formula is C15H17ClFN3O2S2. The number of thiazole rings is 1. The van der Waals surface area contributed by atoms with Gasteiger partial charge in [0, 0.05) is 31.4 Å². The molecule has 130 valence electrons. The maximum Gasteiger partial charge on any atom is 0.242 e. The molecule has 9 heteroatoms. The number of sulfonamides is 1. The van der Waals surface area contributed by atoms with Crippen LogP contribution >= 0.6 is 22.9 Å². The van der Waals surface area contributed by atoms with Crippen LogP contribution in [0.5, 0.6) is 0 Å². The minimum absolute atomic E-state index is 0.124. The summed E-state index contributed by atoms with van der Waals surface area (Å²) in [5, 5.41) is 2.81. The summed E-state index contributed by atoms with van der Waals surface area (Å²) in [5.74, 6) is -0.573. The molecule has 3 rings (SSSR count). The molecule has 1 N–H and O–H groups in total. The normalized spacial score (nSPS) is 15.2. The van der Waals surface area contributed by atoms with Gasteiger partial charge < -0.3 is 4.90 Å². The Morgan fingerprint density at radius 3 is 2.79 bits per heavy atom. The van der Waals surface area contributed by atoms with Crippen molar-refractivity contribution in [1.82, 2.24) is 9.71 Å². The topological polar surface area (TPSA) is 62.3 Å². The van der Waals surface area contributed by atoms with E-state index in [0.29, 0.717) is 6.42 Å². The van der Waals surface area contributed by atoms with Gasteiger partial charge in [-0.05, 0) is 31.0 Å². The zero-order valence-corrected chi connectivity index (χ0v) is 15.2. The van der Waals surface area contributed by atoms with Gasteiger partial charge in [0.25, 0.3) is 0 Å². The number of nitrogens with one attached hydrogen (secondary N) is 1. The summed E-state index contributed by atoms with van der Waals surface area (Å²) in [6.45, 7) is 2.27. The molecule has 0 bridgehead atoms. The summed E-state index contributed by atoms with van der Waals surface area (Å²) in [6, 6.07) is 3.22. The Balaban J connectivity index is 1.59. The first-order valence-electron chi connectivity index (χ1n) is 7.60. The van der Waals surface area contributed by atoms with Crippen LogP contribution in [-0.2, 0) is 16.4 Å². The molecule has 0 radical (unpaired) electrons. The first kappa shape index (κ1) is 17.6. The van der Waals surface area contributed by atoms with E-state index in [1.807, 2.05) is 5.38 Å². The number of hydrogen-bond donors (Lipinski definition) is 1. The van der Waals surface area contributed by atoms with Crippen LogP contribution in [0.4, 0.5) is 9.52 Å². The van der Waals surface area contributed by atoms with E-state index in [0.717, 1.165) is 42.1 Å². The Hall–Kier alpha value is -1.22. The predicted octanol–water partition coefficient (Wildman–Crippen LogP) is 3.06. The molecule has 2 aromatic rings. The molecule has 0 spiro atoms. The molecule has 5 nitrogen and oxygen atoms in total. The minimum atomic E-state index is -3.77. The molecule has 1 fully saturated rings. The van der Waals surface area contributed by atoms with Crippen LogP contribution in [-0.4, -0.2) is 33.0 Å². The molecule has 1 aromatic carbocycles. The summed E-state index contributed by atoms with van der Waals surface area (Å²) < 4.78 is 40.0. The van der Waals surface area contributed by atoms with E-state index in [-0.39, 0.29) is 16.5 Å². The van der Waals surface area contributed by atoms with Gasteiger partial charge in [0.05, 0.1) is 10.7 Å². The van der Waals surface area contributed by atoms with Crippen molar-refractivity contribution < 1.29 is 12.8 Å². The highest BCUT2D eigenvalue weighted by molar-refractivity contribution is 7.89. The molecule has 0 aliphatic carbocycles. The van der Waals surface area contributed by atoms with Crippen LogP contribution in [0.2, 0.25) is 5.02 Å². The molecule has 0 unspecified atom stereocenters. The minimum Gasteiger partial charge on any atom is -0.348 e. The molecular weight excluding hydrogens is 373 g/mol. The number of anilines is 1. The Morgan fingerprint density at radius 1 is 1.33 bits per heavy atom. The molecule has 2 heterocycles. The zero-order chi connectivity index (χ0) is 17.2. The van der Waals surface area contributed by atoms with Gasteiger partial charge in [0.2, 0.25) is 10.0 Å². The molecule has 1 aliphatic rings. The van der Waals surface area contributed by atoms with Crippen LogP contribution < -0.4 is 9.62 Å². The van der Waals surface area contributed by atoms with Crippen molar-refractivity contribution in [2.75, 3.05) is 24.5 Å². The van der Waals surface area contributed by atoms with E-state index in [2.05, 4.69) is 14.6 Å². The Kier molecular flexibility index (Phi) is 5.39. The first-order valence-corrected chi connectivity index (χ1v) is 10.3. The summed E-state index contributed by atoms with van der Waals surface area (Å²) in [4.78, 5) is 6.67. The maximum atomic E-state index is 13.0. The van der Waals surface area contributed by atoms with Gasteiger partial charge in [-0.1, -0.05) is 11.6 Å². The zero-order valence-electron chi connectivity index (χ0n) is 12.8. The molecule has 1 saturated heterocycles. The number of aromatic nitrogens is 1. The van der Waals surface area contributed by atoms with Crippen molar-refractivity contribution in [3.05, 3.63) is 40.1 Å². The molecule has 0 atom stereocenters. The summed E-state index contributed by atoms with van der Waals surface area (Å²) in [7, 11) is -3.77. The van der Waals surface area contributed by atoms with E-state index >= 15 is 0 Å². The second kappa shape index (κ2) is 7.35. The van der Waals surface area contributed by atoms with Crippen molar-refractivity contribution in [3.8, 4) is 0 Å². The number of benzene rings is 1. The van der Waals surface area contributed by atoms with E-state index in [1.165, 1.54) is 12.8 Å². The van der Waals surface area contributed by atoms with Crippen LogP contribution in [0, 0.1) is 5.82 Å². The van der Waals surface area contributed by atoms with E-state index in [1.54, 1.807) is 11.3 Å². The Bertz CT molecular complexity index is 820. The standard InChI is InChI=1S/C15H17ClFN3O2S2/c16-13-9-11(17)3-4-14(13)24(21,22)18-6-5-12-10-23-15(19-12)20-7-1-2-8-20/h3-4,9-10,18H,1-2,5-8H2. The maximum absolute atomic E-state index is 13.0. The number of rotatable bonds is 6. The second-order valence-electron chi connectivity index (χ2n) is 5.54. The summed E-state index contributed by atoms with van der Waals surface area (Å²) in [6.07, 6.45) is 2.86. The molecule has 0 saturated carbocycles. The van der Waals surface area contributed by atoms with Crippen LogP contribution in [0.15, 0.2) is 28.5 Å². The van der Waals surface area contributed by atoms with Gasteiger partial charge in [0.15, 0.2) is 5.13 Å². The fourth-order valence-electron chi connectivity index (χ4n) is 2.55. The lowest BCUT2D eigenvalue weighted by Crippen LogP contribution is -2.26. The average Bonchev–Trinajstić information content (AvgIpc) is 3.17. The van der Waals surface area contributed by atoms with Gasteiger partial charge in [-0.25, -0.2) is 22.5 Å². The smallest absolute Gasteiger partial charge is 0.242 e. The van der Waals surface area contributed by atoms with E-state index in [4.69, 9.17) is 11.6 Å². The highest BCUT2D eigenvalue weighted by Gasteiger charge is 2.19. The van der Waals surface area contributed by atoms with Crippen LogP contribution in [0.3, 0.4) is 0 Å². The van der Waals surface area contributed by atoms with Crippen LogP contribution in [0.1, 0.15) is 18.5 Å². The van der Waals surface area contributed by atoms with Gasteiger partial charge in [0.1, 0.15) is 10.7 Å². The highest BCUT2D eigenvalue weighted by Crippen LogP contribution is 2.25. The van der Waals surface area contributed by atoms with Gasteiger partial charge >= 0.3 is 0 Å².